The molecule has 0 aliphatic rings. The Kier molecular flexibility index (Phi) is 3.63. The first-order valence-electron chi connectivity index (χ1n) is 5.43. The second kappa shape index (κ2) is 5.18. The molecule has 0 aromatic carbocycles. The van der Waals surface area contributed by atoms with Crippen molar-refractivity contribution in [3.63, 3.8) is 0 Å². The maximum atomic E-state index is 10.7. The topological polar surface area (TPSA) is 73.8 Å². The molecule has 2 aromatic heterocycles. The lowest BCUT2D eigenvalue weighted by atomic mass is 10.4. The number of fused-ring (bicyclic) bond motifs is 1. The van der Waals surface area contributed by atoms with Crippen LogP contribution in [0.2, 0.25) is 0 Å². The number of carbonyl (C=O) groups excluding carboxylic acids is 1. The SMILES string of the molecule is CCn1c(SCCC(N)=O)nc2cnccc21. The number of hydrogen-bond donors (Lipinski definition) is 1. The molecule has 0 saturated carbocycles. The van der Waals surface area contributed by atoms with Gasteiger partial charge in [-0.05, 0) is 13.0 Å². The molecule has 2 N–H and O–H groups in total. The summed E-state index contributed by atoms with van der Waals surface area (Å²) in [6.07, 6.45) is 3.88. The van der Waals surface area contributed by atoms with Crippen molar-refractivity contribution >= 4 is 28.7 Å². The number of aryl methyl sites for hydroxylation is 1. The molecule has 0 bridgehead atoms. The van der Waals surface area contributed by atoms with Gasteiger partial charge in [0.25, 0.3) is 0 Å². The third-order valence-electron chi connectivity index (χ3n) is 2.41. The van der Waals surface area contributed by atoms with Gasteiger partial charge in [-0.3, -0.25) is 9.78 Å². The van der Waals surface area contributed by atoms with Crippen molar-refractivity contribution in [3.05, 3.63) is 18.5 Å². The molecule has 0 aliphatic carbocycles. The molecule has 0 unspecified atom stereocenters. The van der Waals surface area contributed by atoms with Crippen LogP contribution < -0.4 is 5.73 Å². The van der Waals surface area contributed by atoms with Gasteiger partial charge in [-0.15, -0.1) is 0 Å². The predicted octanol–water partition coefficient (Wildman–Crippen LogP) is 1.42. The van der Waals surface area contributed by atoms with E-state index in [1.807, 2.05) is 6.07 Å². The van der Waals surface area contributed by atoms with E-state index in [-0.39, 0.29) is 5.91 Å². The lowest BCUT2D eigenvalue weighted by Gasteiger charge is -2.04. The lowest BCUT2D eigenvalue weighted by molar-refractivity contribution is -0.117. The summed E-state index contributed by atoms with van der Waals surface area (Å²) in [5.74, 6) is 0.379. The third kappa shape index (κ3) is 2.58. The molecule has 17 heavy (non-hydrogen) atoms. The monoisotopic (exact) mass is 250 g/mol. The number of carbonyl (C=O) groups is 1. The highest BCUT2D eigenvalue weighted by Crippen LogP contribution is 2.23. The van der Waals surface area contributed by atoms with Crippen molar-refractivity contribution in [1.29, 1.82) is 0 Å². The van der Waals surface area contributed by atoms with Gasteiger partial charge in [-0.25, -0.2) is 4.98 Å². The fraction of sp³-hybridized carbons (Fsp3) is 0.364. The summed E-state index contributed by atoms with van der Waals surface area (Å²) in [5, 5.41) is 0.914. The van der Waals surface area contributed by atoms with Gasteiger partial charge >= 0.3 is 0 Å². The molecule has 2 aromatic rings. The van der Waals surface area contributed by atoms with Gasteiger partial charge in [0.1, 0.15) is 5.52 Å². The first-order valence-corrected chi connectivity index (χ1v) is 6.42. The van der Waals surface area contributed by atoms with E-state index in [4.69, 9.17) is 5.73 Å². The number of primary amides is 1. The van der Waals surface area contributed by atoms with Gasteiger partial charge in [0, 0.05) is 24.9 Å². The van der Waals surface area contributed by atoms with Gasteiger partial charge in [0.05, 0.1) is 11.7 Å². The maximum absolute atomic E-state index is 10.7. The third-order valence-corrected chi connectivity index (χ3v) is 3.39. The van der Waals surface area contributed by atoms with Gasteiger partial charge < -0.3 is 10.3 Å². The Morgan fingerprint density at radius 3 is 3.12 bits per heavy atom. The molecule has 0 fully saturated rings. The minimum atomic E-state index is -0.279. The van der Waals surface area contributed by atoms with Gasteiger partial charge in [0.15, 0.2) is 5.16 Å². The number of thioether (sulfide) groups is 1. The molecule has 6 heteroatoms. The number of nitrogens with two attached hydrogens (primary N) is 1. The summed E-state index contributed by atoms with van der Waals surface area (Å²) in [6.45, 7) is 2.92. The molecule has 0 atom stereocenters. The Balaban J connectivity index is 2.24. The zero-order valence-electron chi connectivity index (χ0n) is 9.59. The van der Waals surface area contributed by atoms with Gasteiger partial charge in [-0.1, -0.05) is 11.8 Å². The molecule has 0 saturated heterocycles. The zero-order valence-corrected chi connectivity index (χ0v) is 10.4. The van der Waals surface area contributed by atoms with Crippen molar-refractivity contribution in [3.8, 4) is 0 Å². The van der Waals surface area contributed by atoms with E-state index in [9.17, 15) is 4.79 Å². The molecule has 5 nitrogen and oxygen atoms in total. The van der Waals surface area contributed by atoms with E-state index in [1.54, 1.807) is 24.2 Å². The van der Waals surface area contributed by atoms with Crippen LogP contribution >= 0.6 is 11.8 Å². The molecule has 0 spiro atoms. The standard InChI is InChI=1S/C11H14N4OS/c1-2-15-9-3-5-13-7-8(9)14-11(15)17-6-4-10(12)16/h3,5,7H,2,4,6H2,1H3,(H2,12,16). The Morgan fingerprint density at radius 1 is 1.59 bits per heavy atom. The van der Waals surface area contributed by atoms with Crippen molar-refractivity contribution in [2.24, 2.45) is 5.73 Å². The zero-order chi connectivity index (χ0) is 12.3. The highest BCUT2D eigenvalue weighted by atomic mass is 32.2. The number of pyridine rings is 1. The van der Waals surface area contributed by atoms with Crippen molar-refractivity contribution in [2.75, 3.05) is 5.75 Å². The second-order valence-electron chi connectivity index (χ2n) is 3.57. The van der Waals surface area contributed by atoms with E-state index in [2.05, 4.69) is 21.5 Å². The first kappa shape index (κ1) is 11.9. The molecule has 2 heterocycles. The summed E-state index contributed by atoms with van der Waals surface area (Å²) in [6, 6.07) is 1.95. The molecule has 1 amide bonds. The molecule has 2 rings (SSSR count). The fourth-order valence-corrected chi connectivity index (χ4v) is 2.65. The molecule has 0 radical (unpaired) electrons. The van der Waals surface area contributed by atoms with Gasteiger partial charge in [0.2, 0.25) is 5.91 Å². The molecule has 90 valence electrons. The smallest absolute Gasteiger partial charge is 0.218 e. The van der Waals surface area contributed by atoms with Gasteiger partial charge in [-0.2, -0.15) is 0 Å². The van der Waals surface area contributed by atoms with Crippen LogP contribution in [0.15, 0.2) is 23.6 Å². The normalized spacial score (nSPS) is 10.9. The van der Waals surface area contributed by atoms with Crippen molar-refractivity contribution in [2.45, 2.75) is 25.0 Å². The molecule has 0 aliphatic heterocycles. The van der Waals surface area contributed by atoms with Crippen molar-refractivity contribution < 1.29 is 4.79 Å². The first-order chi connectivity index (χ1) is 8.22. The maximum Gasteiger partial charge on any atom is 0.218 e. The quantitative estimate of drug-likeness (QED) is 0.814. The number of imidazole rings is 1. The van der Waals surface area contributed by atoms with Crippen LogP contribution in [-0.4, -0.2) is 26.2 Å². The Hall–Kier alpha value is -1.56. The van der Waals surface area contributed by atoms with E-state index >= 15 is 0 Å². The van der Waals surface area contributed by atoms with Crippen LogP contribution in [0.3, 0.4) is 0 Å². The van der Waals surface area contributed by atoms with E-state index in [1.165, 1.54) is 0 Å². The largest absolute Gasteiger partial charge is 0.370 e. The van der Waals surface area contributed by atoms with Crippen molar-refractivity contribution in [1.82, 2.24) is 14.5 Å². The van der Waals surface area contributed by atoms with Crippen LogP contribution in [0.5, 0.6) is 0 Å². The van der Waals surface area contributed by atoms with Crippen LogP contribution in [-0.2, 0) is 11.3 Å². The average molecular weight is 250 g/mol. The summed E-state index contributed by atoms with van der Waals surface area (Å²) in [5.41, 5.74) is 7.07. The van der Waals surface area contributed by atoms with E-state index < -0.39 is 0 Å². The van der Waals surface area contributed by atoms with Crippen LogP contribution in [0, 0.1) is 0 Å². The minimum Gasteiger partial charge on any atom is -0.370 e. The van der Waals surface area contributed by atoms with Crippen LogP contribution in [0.1, 0.15) is 13.3 Å². The number of amides is 1. The Bertz CT molecular complexity index is 537. The average Bonchev–Trinajstić information content (AvgIpc) is 2.66. The van der Waals surface area contributed by atoms with Crippen LogP contribution in [0.4, 0.5) is 0 Å². The number of rotatable bonds is 5. The second-order valence-corrected chi connectivity index (χ2v) is 4.63. The fourth-order valence-electron chi connectivity index (χ4n) is 1.62. The molecular weight excluding hydrogens is 236 g/mol. The summed E-state index contributed by atoms with van der Waals surface area (Å²) < 4.78 is 2.11. The predicted molar refractivity (Wildman–Crippen MR) is 67.7 cm³/mol. The molecular formula is C11H14N4OS. The van der Waals surface area contributed by atoms with E-state index in [0.717, 1.165) is 22.7 Å². The number of hydrogen-bond acceptors (Lipinski definition) is 4. The summed E-state index contributed by atoms with van der Waals surface area (Å²) >= 11 is 1.55. The Morgan fingerprint density at radius 2 is 2.41 bits per heavy atom. The number of aromatic nitrogens is 3. The minimum absolute atomic E-state index is 0.279. The van der Waals surface area contributed by atoms with Crippen LogP contribution in [0.25, 0.3) is 11.0 Å². The highest BCUT2D eigenvalue weighted by Gasteiger charge is 2.09. The highest BCUT2D eigenvalue weighted by molar-refractivity contribution is 7.99. The lowest BCUT2D eigenvalue weighted by Crippen LogP contribution is -2.11. The summed E-state index contributed by atoms with van der Waals surface area (Å²) in [7, 11) is 0. The summed E-state index contributed by atoms with van der Waals surface area (Å²) in [4.78, 5) is 19.2. The van der Waals surface area contributed by atoms with E-state index in [0.29, 0.717) is 12.2 Å². The Labute approximate surface area is 103 Å². The number of nitrogens with zero attached hydrogens (tertiary/aromatic N) is 3.